The summed E-state index contributed by atoms with van der Waals surface area (Å²) in [5.41, 5.74) is 4.79. The smallest absolute Gasteiger partial charge is 0.410 e. The number of aromatic nitrogens is 4. The van der Waals surface area contributed by atoms with Crippen molar-refractivity contribution < 1.29 is 19.1 Å². The lowest BCUT2D eigenvalue weighted by molar-refractivity contribution is 0.0208. The highest BCUT2D eigenvalue weighted by Crippen LogP contribution is 2.35. The number of likely N-dealkylation sites (tertiary alicyclic amines) is 2. The number of benzene rings is 2. The molecule has 0 saturated carbocycles. The summed E-state index contributed by atoms with van der Waals surface area (Å²) in [4.78, 5) is 45.5. The number of carbonyl (C=O) groups excluding carboxylic acids is 2. The Morgan fingerprint density at radius 1 is 0.750 bits per heavy atom. The molecule has 2 unspecified atom stereocenters. The molecule has 2 aliphatic heterocycles. The van der Waals surface area contributed by atoms with Crippen LogP contribution in [0.1, 0.15) is 91.0 Å². The van der Waals surface area contributed by atoms with Crippen molar-refractivity contribution in [3.8, 4) is 22.4 Å². The van der Waals surface area contributed by atoms with E-state index in [1.54, 1.807) is 9.80 Å². The average molecular weight is 599 g/mol. The van der Waals surface area contributed by atoms with E-state index in [0.717, 1.165) is 70.7 Å². The van der Waals surface area contributed by atoms with Gasteiger partial charge < -0.3 is 19.4 Å². The summed E-state index contributed by atoms with van der Waals surface area (Å²) in [6, 6.07) is 14.3. The molecular formula is C34H42N6O4. The maximum Gasteiger partial charge on any atom is 0.410 e. The molecule has 2 saturated heterocycles. The minimum atomic E-state index is -0.541. The Kier molecular flexibility index (Phi) is 7.63. The summed E-state index contributed by atoms with van der Waals surface area (Å²) in [5.74, 6) is 1.57. The Balaban J connectivity index is 1.17. The number of nitrogens with one attached hydrogen (secondary N) is 2. The zero-order valence-corrected chi connectivity index (χ0v) is 26.4. The second-order valence-electron chi connectivity index (χ2n) is 13.8. The van der Waals surface area contributed by atoms with Gasteiger partial charge in [-0.05, 0) is 96.0 Å². The van der Waals surface area contributed by atoms with Crippen molar-refractivity contribution >= 4 is 23.2 Å². The highest BCUT2D eigenvalue weighted by molar-refractivity contribution is 5.82. The van der Waals surface area contributed by atoms with E-state index in [9.17, 15) is 9.59 Å². The Morgan fingerprint density at radius 2 is 1.30 bits per heavy atom. The van der Waals surface area contributed by atoms with Crippen LogP contribution in [-0.4, -0.2) is 66.2 Å². The van der Waals surface area contributed by atoms with Crippen molar-refractivity contribution in [1.29, 1.82) is 0 Å². The van der Waals surface area contributed by atoms with E-state index in [1.807, 2.05) is 53.8 Å². The van der Waals surface area contributed by atoms with E-state index >= 15 is 0 Å². The van der Waals surface area contributed by atoms with Gasteiger partial charge in [0, 0.05) is 13.1 Å². The monoisotopic (exact) mass is 598 g/mol. The third-order valence-corrected chi connectivity index (χ3v) is 8.02. The largest absolute Gasteiger partial charge is 0.444 e. The fraction of sp³-hybridized carbons (Fsp3) is 0.471. The molecule has 44 heavy (non-hydrogen) atoms. The van der Waals surface area contributed by atoms with Gasteiger partial charge in [-0.2, -0.15) is 0 Å². The lowest BCUT2D eigenvalue weighted by Gasteiger charge is -2.27. The predicted molar refractivity (Wildman–Crippen MR) is 169 cm³/mol. The van der Waals surface area contributed by atoms with Gasteiger partial charge in [-0.3, -0.25) is 9.80 Å². The Bertz CT molecular complexity index is 1660. The van der Waals surface area contributed by atoms with Gasteiger partial charge in [0.2, 0.25) is 0 Å². The number of ether oxygens (including phenoxy) is 2. The van der Waals surface area contributed by atoms with E-state index in [-0.39, 0.29) is 24.3 Å². The molecule has 232 valence electrons. The molecule has 0 spiro atoms. The van der Waals surface area contributed by atoms with E-state index in [2.05, 4.69) is 51.4 Å². The number of carbonyl (C=O) groups is 2. The van der Waals surface area contributed by atoms with E-state index < -0.39 is 11.2 Å². The molecule has 4 aromatic rings. The first kappa shape index (κ1) is 29.7. The zero-order valence-electron chi connectivity index (χ0n) is 26.4. The number of hydrogen-bond donors (Lipinski definition) is 2. The van der Waals surface area contributed by atoms with Crippen LogP contribution in [0.15, 0.2) is 48.7 Å². The van der Waals surface area contributed by atoms with Crippen LogP contribution >= 0.6 is 0 Å². The molecule has 2 aromatic carbocycles. The maximum absolute atomic E-state index is 12.8. The molecule has 0 aliphatic carbocycles. The topological polar surface area (TPSA) is 116 Å². The van der Waals surface area contributed by atoms with Crippen LogP contribution in [0.5, 0.6) is 0 Å². The van der Waals surface area contributed by atoms with Gasteiger partial charge in [0.25, 0.3) is 0 Å². The second kappa shape index (κ2) is 11.3. The summed E-state index contributed by atoms with van der Waals surface area (Å²) in [5, 5.41) is 0. The van der Waals surface area contributed by atoms with E-state index in [4.69, 9.17) is 14.5 Å². The van der Waals surface area contributed by atoms with Crippen LogP contribution in [0, 0.1) is 0 Å². The number of H-pyrrole nitrogens is 2. The summed E-state index contributed by atoms with van der Waals surface area (Å²) < 4.78 is 11.3. The molecule has 10 nitrogen and oxygen atoms in total. The van der Waals surface area contributed by atoms with Crippen molar-refractivity contribution in [2.24, 2.45) is 0 Å². The zero-order chi connectivity index (χ0) is 31.2. The lowest BCUT2D eigenvalue weighted by Crippen LogP contribution is -2.36. The number of rotatable bonds is 4. The third-order valence-electron chi connectivity index (χ3n) is 8.02. The molecule has 10 heteroatoms. The molecular weight excluding hydrogens is 556 g/mol. The molecule has 2 amide bonds. The molecule has 0 radical (unpaired) electrons. The number of nitrogens with zero attached hydrogens (tertiary/aromatic N) is 4. The van der Waals surface area contributed by atoms with Crippen LogP contribution in [0.2, 0.25) is 0 Å². The Labute approximate surface area is 258 Å². The quantitative estimate of drug-likeness (QED) is 0.248. The number of imidazole rings is 2. The van der Waals surface area contributed by atoms with Crippen molar-refractivity contribution in [3.05, 3.63) is 60.3 Å². The number of fused-ring (bicyclic) bond motifs is 1. The van der Waals surface area contributed by atoms with Crippen LogP contribution in [0.3, 0.4) is 0 Å². The molecule has 6 rings (SSSR count). The van der Waals surface area contributed by atoms with E-state index in [0.29, 0.717) is 13.1 Å². The number of amides is 2. The first-order chi connectivity index (χ1) is 20.8. The molecule has 2 fully saturated rings. The lowest BCUT2D eigenvalue weighted by atomic mass is 10.0. The molecule has 2 N–H and O–H groups in total. The predicted octanol–water partition coefficient (Wildman–Crippen LogP) is 7.76. The minimum Gasteiger partial charge on any atom is -0.444 e. The van der Waals surface area contributed by atoms with Crippen LogP contribution in [-0.2, 0) is 9.47 Å². The van der Waals surface area contributed by atoms with Crippen molar-refractivity contribution in [2.75, 3.05) is 13.1 Å². The normalized spacial score (nSPS) is 19.1. The second-order valence-corrected chi connectivity index (χ2v) is 13.8. The highest BCUT2D eigenvalue weighted by Gasteiger charge is 2.36. The van der Waals surface area contributed by atoms with Gasteiger partial charge in [0.15, 0.2) is 0 Å². The number of aromatic amines is 2. The molecule has 2 aliphatic rings. The summed E-state index contributed by atoms with van der Waals surface area (Å²) in [7, 11) is 0. The maximum atomic E-state index is 12.8. The average Bonchev–Trinajstić information content (AvgIpc) is 3.76. The van der Waals surface area contributed by atoms with Crippen LogP contribution in [0.4, 0.5) is 9.59 Å². The Hall–Kier alpha value is -4.34. The number of hydrogen-bond acceptors (Lipinski definition) is 6. The van der Waals surface area contributed by atoms with Gasteiger partial charge in [0.1, 0.15) is 22.9 Å². The Morgan fingerprint density at radius 3 is 1.89 bits per heavy atom. The van der Waals surface area contributed by atoms with Crippen molar-refractivity contribution in [3.63, 3.8) is 0 Å². The van der Waals surface area contributed by atoms with E-state index in [1.165, 1.54) is 0 Å². The summed E-state index contributed by atoms with van der Waals surface area (Å²) in [6.45, 7) is 12.6. The molecule has 0 bridgehead atoms. The first-order valence-corrected chi connectivity index (χ1v) is 15.5. The van der Waals surface area contributed by atoms with Gasteiger partial charge >= 0.3 is 12.2 Å². The molecule has 2 atom stereocenters. The molecule has 2 aromatic heterocycles. The van der Waals surface area contributed by atoms with Gasteiger partial charge in [0.05, 0.1) is 35.0 Å². The van der Waals surface area contributed by atoms with Gasteiger partial charge in [-0.25, -0.2) is 19.6 Å². The summed E-state index contributed by atoms with van der Waals surface area (Å²) in [6.07, 6.45) is 4.77. The first-order valence-electron chi connectivity index (χ1n) is 15.5. The standard InChI is InChI=1S/C34H42N6O4/c1-33(2,3)43-31(41)39-17-7-9-27(39)29-35-20-26(38-29)22-13-11-21(12-14-22)23-15-16-24-25(19-23)37-30(36-24)28-10-8-18-40(28)32(42)44-34(4,5)6/h11-16,19-20,27-28H,7-10,17-18H2,1-6H3,(H,35,38)(H,36,37). The van der Waals surface area contributed by atoms with Crippen molar-refractivity contribution in [2.45, 2.75) is 90.5 Å². The third kappa shape index (κ3) is 6.30. The van der Waals surface area contributed by atoms with Crippen LogP contribution in [0.25, 0.3) is 33.4 Å². The van der Waals surface area contributed by atoms with Crippen molar-refractivity contribution in [1.82, 2.24) is 29.7 Å². The fourth-order valence-electron chi connectivity index (χ4n) is 6.04. The molecule has 4 heterocycles. The fourth-order valence-corrected chi connectivity index (χ4v) is 6.04. The van der Waals surface area contributed by atoms with Gasteiger partial charge in [-0.1, -0.05) is 30.3 Å². The SMILES string of the molecule is CC(C)(C)OC(=O)N1CCCC1c1ncc(-c2ccc(-c3ccc4nc(C5CCCN5C(=O)OC(C)(C)C)[nH]c4c3)cc2)[nH]1. The minimum absolute atomic E-state index is 0.121. The van der Waals surface area contributed by atoms with Gasteiger partial charge in [-0.15, -0.1) is 0 Å². The van der Waals surface area contributed by atoms with Crippen LogP contribution < -0.4 is 0 Å². The summed E-state index contributed by atoms with van der Waals surface area (Å²) >= 11 is 0. The highest BCUT2D eigenvalue weighted by atomic mass is 16.6.